The highest BCUT2D eigenvalue weighted by Gasteiger charge is 1.93. The van der Waals surface area contributed by atoms with Crippen molar-refractivity contribution in [2.45, 2.75) is 40.0 Å². The van der Waals surface area contributed by atoms with Gasteiger partial charge in [0.2, 0.25) is 0 Å². The van der Waals surface area contributed by atoms with Crippen molar-refractivity contribution < 1.29 is 5.11 Å². The number of hydrogen-bond acceptors (Lipinski definition) is 4. The summed E-state index contributed by atoms with van der Waals surface area (Å²) in [5.74, 6) is -0.227. The Balaban J connectivity index is 0. The normalized spacial score (nSPS) is 16.4. The molecule has 1 heterocycles. The summed E-state index contributed by atoms with van der Waals surface area (Å²) in [5, 5.41) is 11.6. The van der Waals surface area contributed by atoms with Crippen LogP contribution in [0.5, 0.6) is 0 Å². The molecule has 0 spiro atoms. The molecule has 1 saturated heterocycles. The number of aliphatic hydroxyl groups excluding tert-OH is 1. The van der Waals surface area contributed by atoms with E-state index in [1.807, 2.05) is 13.8 Å². The molecule has 0 atom stereocenters. The van der Waals surface area contributed by atoms with Crippen LogP contribution in [0.1, 0.15) is 40.0 Å². The summed E-state index contributed by atoms with van der Waals surface area (Å²) in [6, 6.07) is 0. The summed E-state index contributed by atoms with van der Waals surface area (Å²) < 4.78 is 0. The minimum absolute atomic E-state index is 0.227. The summed E-state index contributed by atoms with van der Waals surface area (Å²) in [6.45, 7) is 8.21. The topological polar surface area (TPSA) is 84.3 Å². The second-order valence-electron chi connectivity index (χ2n) is 3.31. The maximum atomic E-state index is 8.34. The Hall–Kier alpha value is -1.16. The molecule has 4 heteroatoms. The van der Waals surface area contributed by atoms with Crippen LogP contribution in [0.2, 0.25) is 0 Å². The molecule has 6 N–H and O–H groups in total. The van der Waals surface area contributed by atoms with E-state index in [0.717, 1.165) is 0 Å². The second kappa shape index (κ2) is 13.8. The molecule has 1 fully saturated rings. The smallest absolute Gasteiger partial charge is 0.181 e. The van der Waals surface area contributed by atoms with Gasteiger partial charge in [-0.1, -0.05) is 20.3 Å². The van der Waals surface area contributed by atoms with E-state index in [0.29, 0.717) is 5.70 Å². The van der Waals surface area contributed by atoms with E-state index < -0.39 is 0 Å². The van der Waals surface area contributed by atoms with E-state index in [2.05, 4.69) is 5.32 Å². The molecule has 0 aliphatic carbocycles. The highest BCUT2D eigenvalue weighted by Crippen LogP contribution is 1.96. The lowest BCUT2D eigenvalue weighted by atomic mass is 10.2. The molecule has 16 heavy (non-hydrogen) atoms. The lowest BCUT2D eigenvalue weighted by molar-refractivity contribution is 0.406. The minimum atomic E-state index is -0.227. The van der Waals surface area contributed by atoms with Crippen molar-refractivity contribution in [2.75, 3.05) is 13.1 Å². The van der Waals surface area contributed by atoms with E-state index >= 15 is 0 Å². The van der Waals surface area contributed by atoms with Gasteiger partial charge in [0.15, 0.2) is 5.88 Å². The van der Waals surface area contributed by atoms with Crippen LogP contribution in [0.3, 0.4) is 0 Å². The Bertz CT molecular complexity index is 161. The number of nitrogens with two attached hydrogens (primary N) is 2. The molecule has 0 saturated carbocycles. The van der Waals surface area contributed by atoms with Crippen LogP contribution >= 0.6 is 0 Å². The first-order valence-electron chi connectivity index (χ1n) is 5.92. The van der Waals surface area contributed by atoms with Crippen molar-refractivity contribution in [1.29, 1.82) is 0 Å². The molecule has 0 aromatic carbocycles. The van der Waals surface area contributed by atoms with E-state index in [-0.39, 0.29) is 5.88 Å². The van der Waals surface area contributed by atoms with Crippen LogP contribution < -0.4 is 16.8 Å². The van der Waals surface area contributed by atoms with Gasteiger partial charge in [0.1, 0.15) is 0 Å². The minimum Gasteiger partial charge on any atom is -0.495 e. The maximum absolute atomic E-state index is 8.34. The fraction of sp³-hybridized carbons (Fsp3) is 0.667. The zero-order valence-electron chi connectivity index (χ0n) is 10.8. The molecule has 0 amide bonds. The molecular formula is C12H27N3O. The summed E-state index contributed by atoms with van der Waals surface area (Å²) in [6.07, 6.45) is 7.07. The lowest BCUT2D eigenvalue weighted by Crippen LogP contribution is -2.21. The molecule has 1 aliphatic rings. The highest BCUT2D eigenvalue weighted by molar-refractivity contribution is 5.08. The molecule has 0 aromatic heterocycles. The molecule has 1 aliphatic heterocycles. The Morgan fingerprint density at radius 1 is 1.06 bits per heavy atom. The van der Waals surface area contributed by atoms with E-state index in [9.17, 15) is 0 Å². The zero-order chi connectivity index (χ0) is 12.8. The molecular weight excluding hydrogens is 202 g/mol. The Kier molecular flexibility index (Phi) is 14.9. The number of rotatable bonds is 1. The predicted octanol–water partition coefficient (Wildman–Crippen LogP) is 1.99. The number of piperidine rings is 1. The third kappa shape index (κ3) is 18.6. The first-order chi connectivity index (χ1) is 7.63. The quantitative estimate of drug-likeness (QED) is 0.409. The van der Waals surface area contributed by atoms with Crippen LogP contribution in [-0.2, 0) is 0 Å². The molecule has 0 radical (unpaired) electrons. The van der Waals surface area contributed by atoms with Crippen LogP contribution in [0, 0.1) is 0 Å². The fourth-order valence-electron chi connectivity index (χ4n) is 1.02. The van der Waals surface area contributed by atoms with Crippen LogP contribution in [-0.4, -0.2) is 18.2 Å². The van der Waals surface area contributed by atoms with Crippen LogP contribution in [0.25, 0.3) is 0 Å². The van der Waals surface area contributed by atoms with E-state index in [1.54, 1.807) is 6.92 Å². The van der Waals surface area contributed by atoms with Crippen molar-refractivity contribution in [3.05, 3.63) is 23.7 Å². The SMILES string of the molecule is C/C(N)=C/C=C(\N)O.C1CCNCC1.CC. The summed E-state index contributed by atoms with van der Waals surface area (Å²) in [7, 11) is 0. The fourth-order valence-corrected chi connectivity index (χ4v) is 1.02. The number of nitrogens with one attached hydrogen (secondary N) is 1. The van der Waals surface area contributed by atoms with Crippen molar-refractivity contribution in [3.63, 3.8) is 0 Å². The molecule has 0 bridgehead atoms. The molecule has 0 unspecified atom stereocenters. The second-order valence-corrected chi connectivity index (χ2v) is 3.31. The zero-order valence-corrected chi connectivity index (χ0v) is 10.8. The molecule has 0 aromatic rings. The molecule has 4 nitrogen and oxygen atoms in total. The van der Waals surface area contributed by atoms with Gasteiger partial charge in [0.25, 0.3) is 0 Å². The average molecular weight is 229 g/mol. The van der Waals surface area contributed by atoms with Crippen molar-refractivity contribution >= 4 is 0 Å². The summed E-state index contributed by atoms with van der Waals surface area (Å²) in [5.41, 5.74) is 10.7. The third-order valence-corrected chi connectivity index (χ3v) is 1.72. The largest absolute Gasteiger partial charge is 0.495 e. The summed E-state index contributed by atoms with van der Waals surface area (Å²) >= 11 is 0. The van der Waals surface area contributed by atoms with Gasteiger partial charge in [-0.2, -0.15) is 0 Å². The van der Waals surface area contributed by atoms with Gasteiger partial charge in [0.05, 0.1) is 0 Å². The van der Waals surface area contributed by atoms with Gasteiger partial charge in [-0.25, -0.2) is 0 Å². The first kappa shape index (κ1) is 17.2. The van der Waals surface area contributed by atoms with Gasteiger partial charge >= 0.3 is 0 Å². The Morgan fingerprint density at radius 2 is 1.56 bits per heavy atom. The standard InChI is InChI=1S/C5H10N2O.C5H11N.C2H6/c1-4(6)2-3-5(7)8;1-2-4-6-5-3-1;1-2/h2-3,8H,6-7H2,1H3;6H,1-5H2;1-2H3/b4-2-,5-3+;;. The molecule has 1 rings (SSSR count). The number of allylic oxidation sites excluding steroid dienone is 3. The predicted molar refractivity (Wildman–Crippen MR) is 70.9 cm³/mol. The van der Waals surface area contributed by atoms with E-state index in [4.69, 9.17) is 16.6 Å². The summed E-state index contributed by atoms with van der Waals surface area (Å²) in [4.78, 5) is 0. The van der Waals surface area contributed by atoms with Crippen LogP contribution in [0.15, 0.2) is 23.7 Å². The number of hydrogen-bond donors (Lipinski definition) is 4. The van der Waals surface area contributed by atoms with Gasteiger partial charge in [0, 0.05) is 5.70 Å². The van der Waals surface area contributed by atoms with Crippen LogP contribution in [0.4, 0.5) is 0 Å². The van der Waals surface area contributed by atoms with Crippen molar-refractivity contribution in [3.8, 4) is 0 Å². The monoisotopic (exact) mass is 229 g/mol. The van der Waals surface area contributed by atoms with Gasteiger partial charge in [-0.3, -0.25) is 0 Å². The highest BCUT2D eigenvalue weighted by atomic mass is 16.3. The van der Waals surface area contributed by atoms with Gasteiger partial charge < -0.3 is 21.9 Å². The Labute approximate surface area is 99.4 Å². The lowest BCUT2D eigenvalue weighted by Gasteiger charge is -2.08. The van der Waals surface area contributed by atoms with E-state index in [1.165, 1.54) is 44.5 Å². The van der Waals surface area contributed by atoms with Crippen molar-refractivity contribution in [1.82, 2.24) is 5.32 Å². The third-order valence-electron chi connectivity index (χ3n) is 1.72. The number of aliphatic hydroxyl groups is 1. The van der Waals surface area contributed by atoms with Crippen molar-refractivity contribution in [2.24, 2.45) is 11.5 Å². The Morgan fingerprint density at radius 3 is 1.69 bits per heavy atom. The first-order valence-corrected chi connectivity index (χ1v) is 5.92. The maximum Gasteiger partial charge on any atom is 0.181 e. The van der Waals surface area contributed by atoms with Gasteiger partial charge in [-0.05, 0) is 45.0 Å². The average Bonchev–Trinajstić information content (AvgIpc) is 2.32. The van der Waals surface area contributed by atoms with Gasteiger partial charge in [-0.15, -0.1) is 0 Å². The molecule has 96 valence electrons.